The van der Waals surface area contributed by atoms with E-state index in [0.29, 0.717) is 6.42 Å². The molecule has 1 atom stereocenters. The molecule has 1 rings (SSSR count). The quantitative estimate of drug-likeness (QED) is 0.789. The molecule has 0 aliphatic carbocycles. The first-order valence-electron chi connectivity index (χ1n) is 4.93. The molecule has 1 aromatic rings. The number of amides is 1. The molecular formula is C11H15NO3S. The van der Waals surface area contributed by atoms with Gasteiger partial charge in [0.05, 0.1) is 5.75 Å². The van der Waals surface area contributed by atoms with Crippen LogP contribution < -0.4 is 5.32 Å². The summed E-state index contributed by atoms with van der Waals surface area (Å²) in [5, 5.41) is 2.69. The fourth-order valence-corrected chi connectivity index (χ4v) is 1.85. The topological polar surface area (TPSA) is 66.4 Å². The lowest BCUT2D eigenvalue weighted by Gasteiger charge is -2.08. The summed E-state index contributed by atoms with van der Waals surface area (Å²) in [6.07, 6.45) is 0.565. The molecule has 16 heavy (non-hydrogen) atoms. The van der Waals surface area contributed by atoms with Crippen molar-refractivity contribution in [1.29, 1.82) is 0 Å². The SMILES string of the molecule is CC(=O)Nc1ccc(CCS(=O)O)c(C)c1. The summed E-state index contributed by atoms with van der Waals surface area (Å²) in [4.78, 5) is 10.8. The fraction of sp³-hybridized carbons (Fsp3) is 0.364. The van der Waals surface area contributed by atoms with Crippen molar-refractivity contribution in [3.05, 3.63) is 29.3 Å². The van der Waals surface area contributed by atoms with Gasteiger partial charge in [-0.05, 0) is 36.6 Å². The number of carbonyl (C=O) groups excluding carboxylic acids is 1. The van der Waals surface area contributed by atoms with Gasteiger partial charge in [-0.3, -0.25) is 4.79 Å². The molecule has 0 fully saturated rings. The molecule has 1 unspecified atom stereocenters. The van der Waals surface area contributed by atoms with E-state index < -0.39 is 11.1 Å². The molecule has 0 saturated heterocycles. The van der Waals surface area contributed by atoms with E-state index in [0.717, 1.165) is 16.8 Å². The number of hydrogen-bond donors (Lipinski definition) is 2. The van der Waals surface area contributed by atoms with Crippen LogP contribution >= 0.6 is 0 Å². The Balaban J connectivity index is 2.75. The van der Waals surface area contributed by atoms with Gasteiger partial charge in [0.15, 0.2) is 11.1 Å². The highest BCUT2D eigenvalue weighted by Gasteiger charge is 2.03. The zero-order chi connectivity index (χ0) is 12.1. The zero-order valence-corrected chi connectivity index (χ0v) is 10.1. The lowest BCUT2D eigenvalue weighted by atomic mass is 10.1. The molecule has 1 aromatic carbocycles. The largest absolute Gasteiger partial charge is 0.326 e. The van der Waals surface area contributed by atoms with Crippen molar-refractivity contribution in [2.75, 3.05) is 11.1 Å². The Morgan fingerprint density at radius 2 is 2.19 bits per heavy atom. The van der Waals surface area contributed by atoms with E-state index in [4.69, 9.17) is 4.55 Å². The highest BCUT2D eigenvalue weighted by atomic mass is 32.2. The third-order valence-electron chi connectivity index (χ3n) is 2.21. The summed E-state index contributed by atoms with van der Waals surface area (Å²) in [6, 6.07) is 5.52. The van der Waals surface area contributed by atoms with E-state index in [1.807, 2.05) is 19.1 Å². The van der Waals surface area contributed by atoms with Gasteiger partial charge in [0, 0.05) is 12.6 Å². The lowest BCUT2D eigenvalue weighted by molar-refractivity contribution is -0.114. The Kier molecular flexibility index (Phi) is 4.64. The van der Waals surface area contributed by atoms with Crippen LogP contribution in [0.4, 0.5) is 5.69 Å². The van der Waals surface area contributed by atoms with Crippen molar-refractivity contribution in [2.45, 2.75) is 20.3 Å². The Hall–Kier alpha value is -1.20. The summed E-state index contributed by atoms with van der Waals surface area (Å²) >= 11 is -1.76. The molecule has 0 spiro atoms. The molecule has 0 aromatic heterocycles. The minimum Gasteiger partial charge on any atom is -0.326 e. The summed E-state index contributed by atoms with van der Waals surface area (Å²) in [5.74, 6) is 0.129. The standard InChI is InChI=1S/C11H15NO3S/c1-8-7-11(12-9(2)13)4-3-10(8)5-6-16(14)15/h3-4,7H,5-6H2,1-2H3,(H,12,13)(H,14,15). The highest BCUT2D eigenvalue weighted by molar-refractivity contribution is 7.79. The van der Waals surface area contributed by atoms with E-state index in [1.54, 1.807) is 6.07 Å². The summed E-state index contributed by atoms with van der Waals surface area (Å²) in [5.41, 5.74) is 2.78. The van der Waals surface area contributed by atoms with E-state index in [9.17, 15) is 9.00 Å². The number of carbonyl (C=O) groups is 1. The van der Waals surface area contributed by atoms with Gasteiger partial charge in [-0.15, -0.1) is 0 Å². The predicted octanol–water partition coefficient (Wildman–Crippen LogP) is 1.72. The van der Waals surface area contributed by atoms with E-state index in [-0.39, 0.29) is 11.7 Å². The zero-order valence-electron chi connectivity index (χ0n) is 9.32. The fourth-order valence-electron chi connectivity index (χ4n) is 1.45. The summed E-state index contributed by atoms with van der Waals surface area (Å²) in [7, 11) is 0. The maximum Gasteiger partial charge on any atom is 0.221 e. The normalized spacial score (nSPS) is 12.2. The second-order valence-electron chi connectivity index (χ2n) is 3.60. The molecule has 88 valence electrons. The molecule has 0 saturated carbocycles. The van der Waals surface area contributed by atoms with Gasteiger partial charge < -0.3 is 9.87 Å². The molecule has 5 heteroatoms. The molecule has 4 nitrogen and oxygen atoms in total. The van der Waals surface area contributed by atoms with Crippen LogP contribution in [0.3, 0.4) is 0 Å². The minimum absolute atomic E-state index is 0.108. The van der Waals surface area contributed by atoms with Crippen molar-refractivity contribution >= 4 is 22.7 Å². The smallest absolute Gasteiger partial charge is 0.221 e. The number of rotatable bonds is 4. The molecule has 0 aliphatic heterocycles. The van der Waals surface area contributed by atoms with Crippen molar-refractivity contribution in [3.63, 3.8) is 0 Å². The average molecular weight is 241 g/mol. The highest BCUT2D eigenvalue weighted by Crippen LogP contribution is 2.15. The molecule has 0 heterocycles. The van der Waals surface area contributed by atoms with Gasteiger partial charge in [-0.25, -0.2) is 4.21 Å². The minimum atomic E-state index is -1.76. The van der Waals surface area contributed by atoms with E-state index in [1.165, 1.54) is 6.92 Å². The van der Waals surface area contributed by atoms with Gasteiger partial charge in [0.25, 0.3) is 0 Å². The Bertz CT molecular complexity index is 418. The molecule has 0 bridgehead atoms. The molecular weight excluding hydrogens is 226 g/mol. The third-order valence-corrected chi connectivity index (χ3v) is 2.76. The van der Waals surface area contributed by atoms with E-state index in [2.05, 4.69) is 5.32 Å². The second kappa shape index (κ2) is 5.77. The second-order valence-corrected chi connectivity index (χ2v) is 4.65. The maximum atomic E-state index is 10.8. The lowest BCUT2D eigenvalue weighted by Crippen LogP contribution is -2.07. The van der Waals surface area contributed by atoms with Gasteiger partial charge in [0.2, 0.25) is 5.91 Å². The van der Waals surface area contributed by atoms with Gasteiger partial charge >= 0.3 is 0 Å². The van der Waals surface area contributed by atoms with Crippen LogP contribution in [0, 0.1) is 6.92 Å². The van der Waals surface area contributed by atoms with Crippen molar-refractivity contribution in [2.24, 2.45) is 0 Å². The van der Waals surface area contributed by atoms with Gasteiger partial charge in [-0.2, -0.15) is 0 Å². The van der Waals surface area contributed by atoms with Crippen LogP contribution in [0.5, 0.6) is 0 Å². The number of anilines is 1. The number of aryl methyl sites for hydroxylation is 2. The average Bonchev–Trinajstić information content (AvgIpc) is 2.15. The van der Waals surface area contributed by atoms with Crippen molar-refractivity contribution in [3.8, 4) is 0 Å². The van der Waals surface area contributed by atoms with Crippen molar-refractivity contribution in [1.82, 2.24) is 0 Å². The van der Waals surface area contributed by atoms with Crippen LogP contribution in [0.2, 0.25) is 0 Å². The Morgan fingerprint density at radius 1 is 1.50 bits per heavy atom. The summed E-state index contributed by atoms with van der Waals surface area (Å²) in [6.45, 7) is 3.37. The molecule has 1 amide bonds. The van der Waals surface area contributed by atoms with Crippen LogP contribution in [0.15, 0.2) is 18.2 Å². The number of nitrogens with one attached hydrogen (secondary N) is 1. The predicted molar refractivity (Wildman–Crippen MR) is 64.8 cm³/mol. The van der Waals surface area contributed by atoms with Gasteiger partial charge in [-0.1, -0.05) is 6.07 Å². The molecule has 0 aliphatic rings. The first kappa shape index (κ1) is 12.9. The van der Waals surface area contributed by atoms with E-state index >= 15 is 0 Å². The number of hydrogen-bond acceptors (Lipinski definition) is 2. The maximum absolute atomic E-state index is 10.8. The first-order valence-corrected chi connectivity index (χ1v) is 6.21. The molecule has 0 radical (unpaired) electrons. The van der Waals surface area contributed by atoms with Crippen molar-refractivity contribution < 1.29 is 13.6 Å². The molecule has 2 N–H and O–H groups in total. The Labute approximate surface area is 97.3 Å². The number of benzene rings is 1. The van der Waals surface area contributed by atoms with Gasteiger partial charge in [0.1, 0.15) is 0 Å². The van der Waals surface area contributed by atoms with Crippen LogP contribution in [0.25, 0.3) is 0 Å². The van der Waals surface area contributed by atoms with Crippen LogP contribution in [-0.4, -0.2) is 20.4 Å². The summed E-state index contributed by atoms with van der Waals surface area (Å²) < 4.78 is 19.2. The third kappa shape index (κ3) is 4.12. The monoisotopic (exact) mass is 241 g/mol. The first-order chi connectivity index (χ1) is 7.49. The van der Waals surface area contributed by atoms with Crippen LogP contribution in [-0.2, 0) is 22.3 Å². The Morgan fingerprint density at radius 3 is 2.69 bits per heavy atom. The van der Waals surface area contributed by atoms with Crippen LogP contribution in [0.1, 0.15) is 18.1 Å².